The predicted molar refractivity (Wildman–Crippen MR) is 88.8 cm³/mol. The van der Waals surface area contributed by atoms with E-state index in [2.05, 4.69) is 6.92 Å². The summed E-state index contributed by atoms with van der Waals surface area (Å²) in [5.74, 6) is -1.60. The molecule has 0 heterocycles. The SMILES string of the molecule is CCCCCCCCCC(=O)O.NCCCCC(N)C(=O)O. The second-order valence-corrected chi connectivity index (χ2v) is 5.49. The van der Waals surface area contributed by atoms with Crippen molar-refractivity contribution in [1.82, 2.24) is 0 Å². The first-order valence-corrected chi connectivity index (χ1v) is 8.35. The fraction of sp³-hybridized carbons (Fsp3) is 0.875. The molecule has 0 aliphatic heterocycles. The van der Waals surface area contributed by atoms with Gasteiger partial charge in [-0.2, -0.15) is 0 Å². The van der Waals surface area contributed by atoms with Gasteiger partial charge in [0.15, 0.2) is 0 Å². The number of nitrogens with two attached hydrogens (primary N) is 2. The summed E-state index contributed by atoms with van der Waals surface area (Å²) >= 11 is 0. The molecule has 0 rings (SSSR count). The molecule has 0 aromatic heterocycles. The van der Waals surface area contributed by atoms with Crippen molar-refractivity contribution in [1.29, 1.82) is 0 Å². The lowest BCUT2D eigenvalue weighted by molar-refractivity contribution is -0.139. The van der Waals surface area contributed by atoms with Crippen LogP contribution in [0, 0.1) is 0 Å². The molecule has 22 heavy (non-hydrogen) atoms. The van der Waals surface area contributed by atoms with Crippen LogP contribution in [0.15, 0.2) is 0 Å². The summed E-state index contributed by atoms with van der Waals surface area (Å²) in [6, 6.07) is -0.716. The van der Waals surface area contributed by atoms with Crippen LogP contribution in [-0.2, 0) is 9.59 Å². The van der Waals surface area contributed by atoms with Crippen molar-refractivity contribution in [2.24, 2.45) is 11.5 Å². The second kappa shape index (κ2) is 17.9. The number of hydrogen-bond donors (Lipinski definition) is 4. The molecule has 1 atom stereocenters. The number of unbranched alkanes of at least 4 members (excludes halogenated alkanes) is 7. The molecule has 0 fully saturated rings. The molecule has 0 radical (unpaired) electrons. The van der Waals surface area contributed by atoms with Gasteiger partial charge in [-0.3, -0.25) is 9.59 Å². The zero-order valence-corrected chi connectivity index (χ0v) is 13.9. The summed E-state index contributed by atoms with van der Waals surface area (Å²) in [5, 5.41) is 16.7. The standard InChI is InChI=1S/C10H20O2.C6H14N2O2/c1-2-3-4-5-6-7-8-9-10(11)12;7-4-2-1-3-5(8)6(9)10/h2-9H2,1H3,(H,11,12);5H,1-4,7-8H2,(H,9,10). The Bertz CT molecular complexity index is 273. The van der Waals surface area contributed by atoms with Crippen LogP contribution >= 0.6 is 0 Å². The highest BCUT2D eigenvalue weighted by Gasteiger charge is 2.09. The Hall–Kier alpha value is -1.14. The van der Waals surface area contributed by atoms with Crippen LogP contribution in [0.25, 0.3) is 0 Å². The Labute approximate surface area is 134 Å². The zero-order valence-electron chi connectivity index (χ0n) is 13.9. The molecular weight excluding hydrogens is 284 g/mol. The summed E-state index contributed by atoms with van der Waals surface area (Å²) in [7, 11) is 0. The highest BCUT2D eigenvalue weighted by Crippen LogP contribution is 2.07. The summed E-state index contributed by atoms with van der Waals surface area (Å²) < 4.78 is 0. The fourth-order valence-electron chi connectivity index (χ4n) is 1.87. The minimum Gasteiger partial charge on any atom is -0.481 e. The molecular formula is C16H34N2O4. The van der Waals surface area contributed by atoms with Gasteiger partial charge in [-0.25, -0.2) is 0 Å². The molecule has 6 nitrogen and oxygen atoms in total. The van der Waals surface area contributed by atoms with E-state index in [0.717, 1.165) is 25.7 Å². The van der Waals surface area contributed by atoms with E-state index in [9.17, 15) is 9.59 Å². The van der Waals surface area contributed by atoms with Gasteiger partial charge in [-0.15, -0.1) is 0 Å². The van der Waals surface area contributed by atoms with E-state index in [1.54, 1.807) is 0 Å². The van der Waals surface area contributed by atoms with Crippen LogP contribution < -0.4 is 11.5 Å². The summed E-state index contributed by atoms with van der Waals surface area (Å²) in [6.07, 6.45) is 10.8. The lowest BCUT2D eigenvalue weighted by Gasteiger charge is -2.03. The first kappa shape index (κ1) is 23.1. The fourth-order valence-corrected chi connectivity index (χ4v) is 1.87. The lowest BCUT2D eigenvalue weighted by Crippen LogP contribution is -2.29. The maximum atomic E-state index is 10.1. The third-order valence-corrected chi connectivity index (χ3v) is 3.28. The van der Waals surface area contributed by atoms with E-state index >= 15 is 0 Å². The van der Waals surface area contributed by atoms with E-state index in [-0.39, 0.29) is 0 Å². The maximum Gasteiger partial charge on any atom is 0.320 e. The van der Waals surface area contributed by atoms with Gasteiger partial charge in [0.25, 0.3) is 0 Å². The Kier molecular flexibility index (Phi) is 18.8. The molecule has 0 aliphatic rings. The third kappa shape index (κ3) is 21.2. The van der Waals surface area contributed by atoms with Crippen molar-refractivity contribution < 1.29 is 19.8 Å². The van der Waals surface area contributed by atoms with Gasteiger partial charge in [-0.1, -0.05) is 51.9 Å². The molecule has 0 aromatic rings. The van der Waals surface area contributed by atoms with Gasteiger partial charge < -0.3 is 21.7 Å². The van der Waals surface area contributed by atoms with Gasteiger partial charge in [0.05, 0.1) is 0 Å². The number of carboxylic acid groups (broad SMARTS) is 2. The molecule has 132 valence electrons. The molecule has 0 aromatic carbocycles. The van der Waals surface area contributed by atoms with Crippen molar-refractivity contribution in [2.75, 3.05) is 6.54 Å². The van der Waals surface area contributed by atoms with E-state index < -0.39 is 18.0 Å². The van der Waals surface area contributed by atoms with Crippen molar-refractivity contribution in [3.63, 3.8) is 0 Å². The Balaban J connectivity index is 0. The summed E-state index contributed by atoms with van der Waals surface area (Å²) in [5.41, 5.74) is 10.4. The van der Waals surface area contributed by atoms with Crippen LogP contribution in [0.5, 0.6) is 0 Å². The van der Waals surface area contributed by atoms with Crippen molar-refractivity contribution in [3.05, 3.63) is 0 Å². The molecule has 0 spiro atoms. The Morgan fingerprint density at radius 1 is 0.909 bits per heavy atom. The first-order valence-electron chi connectivity index (χ1n) is 8.35. The predicted octanol–water partition coefficient (Wildman–Crippen LogP) is 2.74. The molecule has 0 saturated heterocycles. The second-order valence-electron chi connectivity index (χ2n) is 5.49. The van der Waals surface area contributed by atoms with Crippen molar-refractivity contribution in [3.8, 4) is 0 Å². The van der Waals surface area contributed by atoms with Gasteiger partial charge >= 0.3 is 11.9 Å². The molecule has 0 bridgehead atoms. The Morgan fingerprint density at radius 2 is 1.45 bits per heavy atom. The maximum absolute atomic E-state index is 10.1. The largest absolute Gasteiger partial charge is 0.481 e. The lowest BCUT2D eigenvalue weighted by atomic mass is 10.1. The van der Waals surface area contributed by atoms with E-state index in [1.807, 2.05) is 0 Å². The highest BCUT2D eigenvalue weighted by molar-refractivity contribution is 5.72. The van der Waals surface area contributed by atoms with Gasteiger partial charge in [0.2, 0.25) is 0 Å². The van der Waals surface area contributed by atoms with E-state index in [1.165, 1.54) is 32.1 Å². The van der Waals surface area contributed by atoms with Crippen molar-refractivity contribution >= 4 is 11.9 Å². The van der Waals surface area contributed by atoms with Crippen LogP contribution in [-0.4, -0.2) is 34.7 Å². The molecule has 6 heteroatoms. The molecule has 0 saturated carbocycles. The smallest absolute Gasteiger partial charge is 0.320 e. The molecule has 6 N–H and O–H groups in total. The minimum absolute atomic E-state index is 0.341. The number of hydrogen-bond acceptors (Lipinski definition) is 4. The van der Waals surface area contributed by atoms with Crippen molar-refractivity contribution in [2.45, 2.75) is 83.6 Å². The van der Waals surface area contributed by atoms with Crippen LogP contribution in [0.1, 0.15) is 77.6 Å². The minimum atomic E-state index is -0.933. The number of rotatable bonds is 13. The molecule has 0 aliphatic carbocycles. The van der Waals surface area contributed by atoms with Gasteiger partial charge in [0.1, 0.15) is 6.04 Å². The average molecular weight is 318 g/mol. The molecule has 1 unspecified atom stereocenters. The van der Waals surface area contributed by atoms with E-state index in [0.29, 0.717) is 19.4 Å². The van der Waals surface area contributed by atoms with Gasteiger partial charge in [-0.05, 0) is 25.8 Å². The van der Waals surface area contributed by atoms with Crippen LogP contribution in [0.2, 0.25) is 0 Å². The summed E-state index contributed by atoms with van der Waals surface area (Å²) in [4.78, 5) is 20.3. The number of carbonyl (C=O) groups is 2. The topological polar surface area (TPSA) is 127 Å². The average Bonchev–Trinajstić information content (AvgIpc) is 2.46. The van der Waals surface area contributed by atoms with E-state index in [4.69, 9.17) is 21.7 Å². The quantitative estimate of drug-likeness (QED) is 0.387. The van der Waals surface area contributed by atoms with Gasteiger partial charge in [0, 0.05) is 6.42 Å². The Morgan fingerprint density at radius 3 is 1.91 bits per heavy atom. The summed E-state index contributed by atoms with van der Waals surface area (Å²) in [6.45, 7) is 2.80. The van der Waals surface area contributed by atoms with Crippen LogP contribution in [0.3, 0.4) is 0 Å². The monoisotopic (exact) mass is 318 g/mol. The number of carboxylic acids is 2. The van der Waals surface area contributed by atoms with Crippen LogP contribution in [0.4, 0.5) is 0 Å². The number of aliphatic carboxylic acids is 2. The third-order valence-electron chi connectivity index (χ3n) is 3.28. The first-order chi connectivity index (χ1) is 10.5. The molecule has 0 amide bonds. The zero-order chi connectivity index (χ0) is 17.2. The highest BCUT2D eigenvalue weighted by atomic mass is 16.4. The normalized spacial score (nSPS) is 11.4.